The minimum absolute atomic E-state index is 0.0854. The monoisotopic (exact) mass is 305 g/mol. The lowest BCUT2D eigenvalue weighted by molar-refractivity contribution is 0.487. The van der Waals surface area contributed by atoms with E-state index >= 15 is 0 Å². The van der Waals surface area contributed by atoms with Gasteiger partial charge < -0.3 is 0 Å². The van der Waals surface area contributed by atoms with Gasteiger partial charge in [-0.1, -0.05) is 21.1 Å². The van der Waals surface area contributed by atoms with Crippen LogP contribution in [0, 0.1) is 17.5 Å². The van der Waals surface area contributed by atoms with Crippen LogP contribution in [-0.4, -0.2) is 15.0 Å². The molecule has 0 aliphatic carbocycles. The van der Waals surface area contributed by atoms with Crippen molar-refractivity contribution in [3.63, 3.8) is 0 Å². The van der Waals surface area contributed by atoms with E-state index in [2.05, 4.69) is 26.2 Å². The summed E-state index contributed by atoms with van der Waals surface area (Å²) < 4.78 is 40.4. The molecule has 90 valence electrons. The topological polar surface area (TPSA) is 30.7 Å². The third kappa shape index (κ3) is 2.33. The van der Waals surface area contributed by atoms with Crippen LogP contribution in [0.4, 0.5) is 13.2 Å². The molecule has 7 heteroatoms. The van der Waals surface area contributed by atoms with Crippen LogP contribution in [0.25, 0.3) is 5.69 Å². The van der Waals surface area contributed by atoms with Crippen LogP contribution >= 0.6 is 15.9 Å². The second-order valence-electron chi connectivity index (χ2n) is 3.42. The van der Waals surface area contributed by atoms with Gasteiger partial charge in [0.2, 0.25) is 0 Å². The molecule has 0 fully saturated rings. The average Bonchev–Trinajstić information content (AvgIpc) is 2.72. The van der Waals surface area contributed by atoms with Crippen molar-refractivity contribution in [3.05, 3.63) is 41.5 Å². The number of rotatable bonds is 2. The fourth-order valence-corrected chi connectivity index (χ4v) is 1.50. The summed E-state index contributed by atoms with van der Waals surface area (Å²) in [6.07, 6.45) is 1.40. The number of nitrogens with zero attached hydrogens (tertiary/aromatic N) is 3. The van der Waals surface area contributed by atoms with Crippen LogP contribution in [0.1, 0.15) is 17.4 Å². The van der Waals surface area contributed by atoms with Gasteiger partial charge in [-0.05, 0) is 6.92 Å². The Morgan fingerprint density at radius 1 is 1.29 bits per heavy atom. The Balaban J connectivity index is 2.52. The van der Waals surface area contributed by atoms with Crippen molar-refractivity contribution in [2.24, 2.45) is 0 Å². The normalized spacial score (nSPS) is 12.8. The van der Waals surface area contributed by atoms with Crippen LogP contribution in [0.15, 0.2) is 18.3 Å². The Bertz CT molecular complexity index is 554. The first-order valence-corrected chi connectivity index (χ1v) is 5.62. The Morgan fingerprint density at radius 3 is 2.59 bits per heavy atom. The molecule has 0 spiro atoms. The Hall–Kier alpha value is -1.37. The lowest BCUT2D eigenvalue weighted by Gasteiger charge is -2.03. The minimum atomic E-state index is -1.26. The summed E-state index contributed by atoms with van der Waals surface area (Å²) in [5.41, 5.74) is 0.225. The van der Waals surface area contributed by atoms with Gasteiger partial charge in [0.25, 0.3) is 0 Å². The second-order valence-corrected chi connectivity index (χ2v) is 4.80. The SMILES string of the molecule is CC(Br)c1cn(-c2cc(F)cc(F)c2F)nn1. The molecule has 1 heterocycles. The molecule has 0 aliphatic heterocycles. The quantitative estimate of drug-likeness (QED) is 0.630. The van der Waals surface area contributed by atoms with E-state index in [-0.39, 0.29) is 10.5 Å². The molecule has 0 aliphatic rings. The van der Waals surface area contributed by atoms with E-state index in [1.807, 2.05) is 0 Å². The van der Waals surface area contributed by atoms with E-state index in [1.54, 1.807) is 6.92 Å². The van der Waals surface area contributed by atoms with Gasteiger partial charge in [-0.25, -0.2) is 17.9 Å². The molecule has 3 nitrogen and oxygen atoms in total. The number of benzene rings is 1. The molecule has 0 amide bonds. The summed E-state index contributed by atoms with van der Waals surface area (Å²) in [4.78, 5) is -0.0854. The highest BCUT2D eigenvalue weighted by Crippen LogP contribution is 2.22. The molecule has 0 N–H and O–H groups in total. The summed E-state index contributed by atoms with van der Waals surface area (Å²) >= 11 is 3.26. The van der Waals surface area contributed by atoms with Crippen molar-refractivity contribution in [2.75, 3.05) is 0 Å². The van der Waals surface area contributed by atoms with Crippen LogP contribution in [0.5, 0.6) is 0 Å². The number of alkyl halides is 1. The first-order valence-electron chi connectivity index (χ1n) is 4.70. The Kier molecular flexibility index (Phi) is 3.19. The summed E-state index contributed by atoms with van der Waals surface area (Å²) in [7, 11) is 0. The van der Waals surface area contributed by atoms with Gasteiger partial charge in [0.1, 0.15) is 11.5 Å². The van der Waals surface area contributed by atoms with Crippen molar-refractivity contribution < 1.29 is 13.2 Å². The van der Waals surface area contributed by atoms with Crippen LogP contribution in [0.2, 0.25) is 0 Å². The highest BCUT2D eigenvalue weighted by molar-refractivity contribution is 9.09. The van der Waals surface area contributed by atoms with Gasteiger partial charge in [0.05, 0.1) is 16.7 Å². The molecule has 2 rings (SSSR count). The second kappa shape index (κ2) is 4.48. The van der Waals surface area contributed by atoms with Crippen LogP contribution in [-0.2, 0) is 0 Å². The summed E-state index contributed by atoms with van der Waals surface area (Å²) in [6, 6.07) is 1.33. The first kappa shape index (κ1) is 12.1. The van der Waals surface area contributed by atoms with E-state index < -0.39 is 17.5 Å². The number of aromatic nitrogens is 3. The summed E-state index contributed by atoms with van der Waals surface area (Å²) in [5.74, 6) is -3.29. The van der Waals surface area contributed by atoms with E-state index in [1.165, 1.54) is 6.20 Å². The maximum absolute atomic E-state index is 13.4. The van der Waals surface area contributed by atoms with Gasteiger partial charge in [0, 0.05) is 12.1 Å². The van der Waals surface area contributed by atoms with E-state index in [4.69, 9.17) is 0 Å². The minimum Gasteiger partial charge on any atom is -0.217 e. The molecule has 0 radical (unpaired) electrons. The Morgan fingerprint density at radius 2 is 2.00 bits per heavy atom. The lowest BCUT2D eigenvalue weighted by Crippen LogP contribution is -2.02. The van der Waals surface area contributed by atoms with Gasteiger partial charge in [0.15, 0.2) is 11.6 Å². The maximum Gasteiger partial charge on any atom is 0.184 e. The fraction of sp³-hybridized carbons (Fsp3) is 0.200. The molecule has 0 saturated heterocycles. The van der Waals surface area contributed by atoms with E-state index in [9.17, 15) is 13.2 Å². The van der Waals surface area contributed by atoms with Crippen molar-refractivity contribution >= 4 is 15.9 Å². The molecule has 1 aromatic carbocycles. The van der Waals surface area contributed by atoms with Crippen molar-refractivity contribution in [3.8, 4) is 5.69 Å². The van der Waals surface area contributed by atoms with Gasteiger partial charge >= 0.3 is 0 Å². The predicted molar refractivity (Wildman–Crippen MR) is 58.6 cm³/mol. The molecule has 0 bridgehead atoms. The molecule has 2 aromatic rings. The largest absolute Gasteiger partial charge is 0.217 e. The zero-order valence-electron chi connectivity index (χ0n) is 8.66. The third-order valence-corrected chi connectivity index (χ3v) is 2.61. The first-order chi connectivity index (χ1) is 7.99. The van der Waals surface area contributed by atoms with Crippen molar-refractivity contribution in [2.45, 2.75) is 11.8 Å². The van der Waals surface area contributed by atoms with Gasteiger partial charge in [-0.3, -0.25) is 0 Å². The number of halogens is 4. The highest BCUT2D eigenvalue weighted by Gasteiger charge is 2.15. The predicted octanol–water partition coefficient (Wildman–Crippen LogP) is 3.14. The maximum atomic E-state index is 13.4. The highest BCUT2D eigenvalue weighted by atomic mass is 79.9. The fourth-order valence-electron chi connectivity index (χ4n) is 1.29. The van der Waals surface area contributed by atoms with Crippen LogP contribution < -0.4 is 0 Å². The zero-order chi connectivity index (χ0) is 12.6. The standard InChI is InChI=1S/C10H7BrF3N3/c1-5(11)8-4-17(16-15-8)9-3-6(12)2-7(13)10(9)14/h2-5H,1H3. The van der Waals surface area contributed by atoms with Crippen molar-refractivity contribution in [1.29, 1.82) is 0 Å². The molecule has 17 heavy (non-hydrogen) atoms. The van der Waals surface area contributed by atoms with E-state index in [0.717, 1.165) is 10.7 Å². The molecular formula is C10H7BrF3N3. The number of hydrogen-bond donors (Lipinski definition) is 0. The van der Waals surface area contributed by atoms with Crippen LogP contribution in [0.3, 0.4) is 0 Å². The molecule has 0 saturated carbocycles. The summed E-state index contributed by atoms with van der Waals surface area (Å²) in [6.45, 7) is 1.80. The molecule has 1 unspecified atom stereocenters. The Labute approximate surface area is 103 Å². The number of hydrogen-bond acceptors (Lipinski definition) is 2. The van der Waals surface area contributed by atoms with Crippen molar-refractivity contribution in [1.82, 2.24) is 15.0 Å². The zero-order valence-corrected chi connectivity index (χ0v) is 10.2. The third-order valence-electron chi connectivity index (χ3n) is 2.14. The smallest absolute Gasteiger partial charge is 0.184 e. The molecule has 1 aromatic heterocycles. The average molecular weight is 306 g/mol. The van der Waals surface area contributed by atoms with E-state index in [0.29, 0.717) is 11.8 Å². The van der Waals surface area contributed by atoms with Gasteiger partial charge in [-0.15, -0.1) is 5.10 Å². The van der Waals surface area contributed by atoms with Gasteiger partial charge in [-0.2, -0.15) is 0 Å². The molecule has 1 atom stereocenters. The lowest BCUT2D eigenvalue weighted by atomic mass is 10.3. The summed E-state index contributed by atoms with van der Waals surface area (Å²) in [5, 5.41) is 7.36. The molecular weight excluding hydrogens is 299 g/mol.